The number of nitrogens with two attached hydrogens (primary N) is 1. The Kier molecular flexibility index (Phi) is 8.87. The Labute approximate surface area is 216 Å². The predicted octanol–water partition coefficient (Wildman–Crippen LogP) is 4.90. The first-order valence-electron chi connectivity index (χ1n) is 12.5. The number of amides is 1. The van der Waals surface area contributed by atoms with Crippen LogP contribution in [0.5, 0.6) is 0 Å². The fourth-order valence-electron chi connectivity index (χ4n) is 4.36. The second-order valence-corrected chi connectivity index (χ2v) is 8.96. The van der Waals surface area contributed by atoms with Gasteiger partial charge in [-0.3, -0.25) is 9.59 Å². The molecule has 1 amide bonds. The molecule has 7 nitrogen and oxygen atoms in total. The first-order chi connectivity index (χ1) is 17.9. The molecule has 4 N–H and O–H groups in total. The lowest BCUT2D eigenvalue weighted by Crippen LogP contribution is -2.19. The van der Waals surface area contributed by atoms with Crippen molar-refractivity contribution in [3.05, 3.63) is 83.2 Å². The molecule has 3 aromatic carbocycles. The van der Waals surface area contributed by atoms with Gasteiger partial charge in [-0.25, -0.2) is 4.39 Å². The second kappa shape index (κ2) is 12.5. The minimum absolute atomic E-state index is 0.0453. The van der Waals surface area contributed by atoms with Gasteiger partial charge in [0, 0.05) is 36.6 Å². The molecule has 1 unspecified atom stereocenters. The van der Waals surface area contributed by atoms with E-state index in [9.17, 15) is 14.0 Å². The first-order valence-corrected chi connectivity index (χ1v) is 12.5. The molecular weight excluding hydrogens is 473 g/mol. The van der Waals surface area contributed by atoms with Crippen molar-refractivity contribution in [1.29, 1.82) is 0 Å². The Bertz CT molecular complexity index is 1260. The summed E-state index contributed by atoms with van der Waals surface area (Å²) in [6, 6.07) is 17.1. The normalized spacial score (nSPS) is 14.8. The van der Waals surface area contributed by atoms with Crippen molar-refractivity contribution in [2.75, 3.05) is 30.4 Å². The molecular formula is C29H32FN3O4. The average Bonchev–Trinajstić information content (AvgIpc) is 3.42. The zero-order valence-electron chi connectivity index (χ0n) is 20.9. The molecule has 4 rings (SSSR count). The van der Waals surface area contributed by atoms with E-state index >= 15 is 0 Å². The van der Waals surface area contributed by atoms with E-state index in [-0.39, 0.29) is 37.6 Å². The molecule has 0 saturated carbocycles. The number of nitrogens with one attached hydrogen (secondary N) is 2. The summed E-state index contributed by atoms with van der Waals surface area (Å²) in [6.45, 7) is 3.58. The molecule has 0 aromatic heterocycles. The number of para-hydroxylation sites is 1. The highest BCUT2D eigenvalue weighted by molar-refractivity contribution is 6.06. The first kappa shape index (κ1) is 26.3. The molecule has 0 aliphatic carbocycles. The van der Waals surface area contributed by atoms with Crippen LogP contribution in [0.2, 0.25) is 0 Å². The van der Waals surface area contributed by atoms with Crippen LogP contribution >= 0.6 is 0 Å². The summed E-state index contributed by atoms with van der Waals surface area (Å²) in [4.78, 5) is 25.4. The van der Waals surface area contributed by atoms with Crippen LogP contribution in [-0.4, -0.2) is 37.7 Å². The minimum atomic E-state index is -0.394. The van der Waals surface area contributed by atoms with Crippen molar-refractivity contribution >= 4 is 23.3 Å². The fraction of sp³-hybridized carbons (Fsp3) is 0.310. The number of hydrogen-bond acceptors (Lipinski definition) is 6. The van der Waals surface area contributed by atoms with E-state index in [4.69, 9.17) is 15.2 Å². The van der Waals surface area contributed by atoms with E-state index in [1.165, 1.54) is 12.1 Å². The maximum absolute atomic E-state index is 14.3. The highest BCUT2D eigenvalue weighted by atomic mass is 19.1. The summed E-state index contributed by atoms with van der Waals surface area (Å²) in [5.74, 6) is -1.11. The van der Waals surface area contributed by atoms with Gasteiger partial charge in [-0.15, -0.1) is 0 Å². The standard InChI is InChI=1S/C29H32FN3O4/c1-2-36-28(34)16-20-6-3-4-8-27(20)33-29(35)23-12-22(21-10-19(17-31)11-24(30)13-21)14-25(15-23)32-18-26-7-5-9-37-26/h3-4,6,8,10-15,26,32H,2,5,7,9,16-18,31H2,1H3,(H,33,35). The molecule has 0 bridgehead atoms. The zero-order chi connectivity index (χ0) is 26.2. The van der Waals surface area contributed by atoms with Crippen LogP contribution in [0.25, 0.3) is 11.1 Å². The van der Waals surface area contributed by atoms with Gasteiger partial charge in [0.1, 0.15) is 5.82 Å². The van der Waals surface area contributed by atoms with Crippen LogP contribution < -0.4 is 16.4 Å². The van der Waals surface area contributed by atoms with E-state index in [1.54, 1.807) is 43.3 Å². The third-order valence-electron chi connectivity index (χ3n) is 6.19. The Morgan fingerprint density at radius 2 is 1.92 bits per heavy atom. The number of anilines is 2. The number of ether oxygens (including phenoxy) is 2. The van der Waals surface area contributed by atoms with Gasteiger partial charge >= 0.3 is 5.97 Å². The molecule has 1 aliphatic heterocycles. The minimum Gasteiger partial charge on any atom is -0.466 e. The summed E-state index contributed by atoms with van der Waals surface area (Å²) in [7, 11) is 0. The van der Waals surface area contributed by atoms with Crippen LogP contribution in [0.15, 0.2) is 60.7 Å². The summed E-state index contributed by atoms with van der Waals surface area (Å²) in [5.41, 5.74) is 10.00. The zero-order valence-corrected chi connectivity index (χ0v) is 20.9. The topological polar surface area (TPSA) is 103 Å². The number of hydrogen-bond donors (Lipinski definition) is 3. The molecule has 1 saturated heterocycles. The maximum Gasteiger partial charge on any atom is 0.310 e. The molecule has 0 spiro atoms. The number of esters is 1. The Morgan fingerprint density at radius 3 is 2.68 bits per heavy atom. The molecule has 1 aliphatic rings. The van der Waals surface area contributed by atoms with Crippen LogP contribution in [0.4, 0.5) is 15.8 Å². The number of rotatable bonds is 10. The second-order valence-electron chi connectivity index (χ2n) is 8.96. The molecule has 194 valence electrons. The van der Waals surface area contributed by atoms with Gasteiger partial charge in [-0.2, -0.15) is 0 Å². The summed E-state index contributed by atoms with van der Waals surface area (Å²) in [6.07, 6.45) is 2.15. The molecule has 1 heterocycles. The lowest BCUT2D eigenvalue weighted by Gasteiger charge is -2.16. The van der Waals surface area contributed by atoms with Gasteiger partial charge in [0.15, 0.2) is 0 Å². The van der Waals surface area contributed by atoms with Gasteiger partial charge in [-0.1, -0.05) is 18.2 Å². The maximum atomic E-state index is 14.3. The van der Waals surface area contributed by atoms with E-state index < -0.39 is 5.82 Å². The number of carbonyl (C=O) groups is 2. The highest BCUT2D eigenvalue weighted by Crippen LogP contribution is 2.28. The SMILES string of the molecule is CCOC(=O)Cc1ccccc1NC(=O)c1cc(NCC2CCCO2)cc(-c2cc(F)cc(CN)c2)c1. The predicted molar refractivity (Wildman–Crippen MR) is 142 cm³/mol. The van der Waals surface area contributed by atoms with Crippen molar-refractivity contribution in [2.45, 2.75) is 38.8 Å². The van der Waals surface area contributed by atoms with E-state index in [1.807, 2.05) is 12.1 Å². The largest absolute Gasteiger partial charge is 0.466 e. The van der Waals surface area contributed by atoms with Crippen molar-refractivity contribution in [3.8, 4) is 11.1 Å². The third-order valence-corrected chi connectivity index (χ3v) is 6.19. The molecule has 1 fully saturated rings. The van der Waals surface area contributed by atoms with Crippen molar-refractivity contribution in [1.82, 2.24) is 0 Å². The summed E-state index contributed by atoms with van der Waals surface area (Å²) in [5, 5.41) is 6.28. The van der Waals surface area contributed by atoms with Crippen molar-refractivity contribution in [2.24, 2.45) is 5.73 Å². The number of carbonyl (C=O) groups excluding carboxylic acids is 2. The van der Waals surface area contributed by atoms with Crippen molar-refractivity contribution in [3.63, 3.8) is 0 Å². The smallest absolute Gasteiger partial charge is 0.310 e. The quantitative estimate of drug-likeness (QED) is 0.339. The van der Waals surface area contributed by atoms with Gasteiger partial charge in [0.05, 0.1) is 19.1 Å². The van der Waals surface area contributed by atoms with E-state index in [0.29, 0.717) is 40.0 Å². The monoisotopic (exact) mass is 505 g/mol. The lowest BCUT2D eigenvalue weighted by molar-refractivity contribution is -0.142. The highest BCUT2D eigenvalue weighted by Gasteiger charge is 2.17. The number of halogens is 1. The van der Waals surface area contributed by atoms with Gasteiger partial charge in [0.25, 0.3) is 5.91 Å². The summed E-state index contributed by atoms with van der Waals surface area (Å²) >= 11 is 0. The molecule has 3 aromatic rings. The van der Waals surface area contributed by atoms with Crippen LogP contribution in [0, 0.1) is 5.82 Å². The Balaban J connectivity index is 1.64. The molecule has 0 radical (unpaired) electrons. The fourth-order valence-corrected chi connectivity index (χ4v) is 4.36. The summed E-state index contributed by atoms with van der Waals surface area (Å²) < 4.78 is 25.1. The van der Waals surface area contributed by atoms with Crippen LogP contribution in [0.3, 0.4) is 0 Å². The van der Waals surface area contributed by atoms with Crippen LogP contribution in [0.1, 0.15) is 41.3 Å². The van der Waals surface area contributed by atoms with Crippen LogP contribution in [-0.2, 0) is 27.2 Å². The average molecular weight is 506 g/mol. The van der Waals surface area contributed by atoms with Gasteiger partial charge in [-0.05, 0) is 84.5 Å². The van der Waals surface area contributed by atoms with Gasteiger partial charge in [0.2, 0.25) is 0 Å². The van der Waals surface area contributed by atoms with E-state index in [2.05, 4.69) is 10.6 Å². The molecule has 37 heavy (non-hydrogen) atoms. The lowest BCUT2D eigenvalue weighted by atomic mass is 9.99. The molecule has 1 atom stereocenters. The van der Waals surface area contributed by atoms with Gasteiger partial charge < -0.3 is 25.8 Å². The Hall–Kier alpha value is -3.75. The Morgan fingerprint density at radius 1 is 1.11 bits per heavy atom. The van der Waals surface area contributed by atoms with Crippen molar-refractivity contribution < 1.29 is 23.5 Å². The third kappa shape index (κ3) is 7.15. The number of benzene rings is 3. The van der Waals surface area contributed by atoms with E-state index in [0.717, 1.165) is 25.1 Å². The molecule has 8 heteroatoms.